The van der Waals surface area contributed by atoms with Crippen LogP contribution in [0, 0.1) is 5.41 Å². The molecule has 1 saturated carbocycles. The number of fused-ring (bicyclic) bond motifs is 1. The van der Waals surface area contributed by atoms with Crippen LogP contribution in [-0.4, -0.2) is 88.1 Å². The summed E-state index contributed by atoms with van der Waals surface area (Å²) in [7, 11) is -4.01. The van der Waals surface area contributed by atoms with Gasteiger partial charge in [-0.2, -0.15) is 0 Å². The Labute approximate surface area is 215 Å². The molecule has 0 amide bonds. The lowest BCUT2D eigenvalue weighted by Crippen LogP contribution is -2.46. The summed E-state index contributed by atoms with van der Waals surface area (Å²) in [6, 6.07) is 8.48. The molecule has 2 aliphatic rings. The molecule has 12 heteroatoms. The number of β-amino-alcohol motifs (C(OH)–C–C–N with tert-alkyl or cyclic N) is 1. The molecule has 3 heterocycles. The highest BCUT2D eigenvalue weighted by molar-refractivity contribution is 7.89. The fourth-order valence-corrected chi connectivity index (χ4v) is 6.42. The Kier molecular flexibility index (Phi) is 7.30. The van der Waals surface area contributed by atoms with Crippen LogP contribution in [0.2, 0.25) is 0 Å². The molecule has 1 aliphatic carbocycles. The van der Waals surface area contributed by atoms with Crippen LogP contribution >= 0.6 is 0 Å². The molecule has 4 atom stereocenters. The molecule has 0 saturated heterocycles. The van der Waals surface area contributed by atoms with Crippen LogP contribution in [0.5, 0.6) is 5.75 Å². The molecular weight excluding hydrogens is 498 g/mol. The molecule has 1 spiro atoms. The van der Waals surface area contributed by atoms with E-state index in [-0.39, 0.29) is 43.2 Å². The van der Waals surface area contributed by atoms with Crippen molar-refractivity contribution in [2.75, 3.05) is 26.2 Å². The molecular formula is C25H31N5O6S. The number of nitrogens with one attached hydrogen (secondary N) is 2. The zero-order chi connectivity index (χ0) is 26.0. The first-order valence-electron chi connectivity index (χ1n) is 12.1. The molecule has 3 aromatic rings. The Morgan fingerprint density at radius 1 is 1.11 bits per heavy atom. The summed E-state index contributed by atoms with van der Waals surface area (Å²) in [6.07, 6.45) is 4.33. The standard InChI is InChI=1S/C25H31N5O6S/c31-19-12-29-37(34,35)23-4-3-17(18-2-1-5-26-11-18)8-22(23)36-16-25(9-20(32)21(33)10-25)15-30(13-19)14-24-27-6-7-28-24/h1-8,11,19-21,29,31-33H,9-10,12-16H2,(H,27,28)/t19-,20-,21+,25?/m0/s1. The average Bonchev–Trinajstić information content (AvgIpc) is 3.48. The summed E-state index contributed by atoms with van der Waals surface area (Å²) < 4.78 is 35.2. The van der Waals surface area contributed by atoms with Crippen LogP contribution in [0.3, 0.4) is 0 Å². The monoisotopic (exact) mass is 529 g/mol. The van der Waals surface area contributed by atoms with Crippen LogP contribution in [0.4, 0.5) is 0 Å². The van der Waals surface area contributed by atoms with Gasteiger partial charge in [-0.25, -0.2) is 18.1 Å². The Morgan fingerprint density at radius 2 is 1.92 bits per heavy atom. The largest absolute Gasteiger partial charge is 0.492 e. The van der Waals surface area contributed by atoms with E-state index in [9.17, 15) is 23.7 Å². The highest BCUT2D eigenvalue weighted by atomic mass is 32.2. The van der Waals surface area contributed by atoms with E-state index < -0.39 is 33.8 Å². The minimum Gasteiger partial charge on any atom is -0.492 e. The van der Waals surface area contributed by atoms with Crippen molar-refractivity contribution in [1.29, 1.82) is 0 Å². The fraction of sp³-hybridized carbons (Fsp3) is 0.440. The molecule has 0 bridgehead atoms. The van der Waals surface area contributed by atoms with E-state index >= 15 is 0 Å². The van der Waals surface area contributed by atoms with Crippen LogP contribution in [0.15, 0.2) is 60.0 Å². The van der Waals surface area contributed by atoms with Gasteiger partial charge in [0, 0.05) is 55.4 Å². The Bertz CT molecular complexity index is 1290. The maximum atomic E-state index is 13.2. The molecule has 2 aromatic heterocycles. The van der Waals surface area contributed by atoms with E-state index in [0.29, 0.717) is 18.9 Å². The number of aliphatic hydroxyl groups excluding tert-OH is 3. The van der Waals surface area contributed by atoms with Crippen molar-refractivity contribution in [2.45, 2.75) is 42.6 Å². The van der Waals surface area contributed by atoms with Crippen LogP contribution < -0.4 is 9.46 Å². The number of aromatic amines is 1. The second-order valence-electron chi connectivity index (χ2n) is 9.95. The van der Waals surface area contributed by atoms with Gasteiger partial charge in [-0.1, -0.05) is 12.1 Å². The lowest BCUT2D eigenvalue weighted by Gasteiger charge is -2.36. The number of H-pyrrole nitrogens is 1. The summed E-state index contributed by atoms with van der Waals surface area (Å²) in [5, 5.41) is 31.7. The molecule has 198 valence electrons. The Hall–Kier alpha value is -2.87. The zero-order valence-electron chi connectivity index (χ0n) is 20.2. The van der Waals surface area contributed by atoms with Gasteiger partial charge >= 0.3 is 0 Å². The van der Waals surface area contributed by atoms with Crippen LogP contribution in [0.25, 0.3) is 11.1 Å². The maximum absolute atomic E-state index is 13.2. The second kappa shape index (κ2) is 10.5. The average molecular weight is 530 g/mol. The number of aliphatic hydroxyl groups is 3. The molecule has 1 aromatic carbocycles. The van der Waals surface area contributed by atoms with Crippen molar-refractivity contribution in [3.63, 3.8) is 0 Å². The van der Waals surface area contributed by atoms with E-state index in [1.807, 2.05) is 11.0 Å². The predicted molar refractivity (Wildman–Crippen MR) is 134 cm³/mol. The number of benzene rings is 1. The van der Waals surface area contributed by atoms with E-state index in [4.69, 9.17) is 4.74 Å². The van der Waals surface area contributed by atoms with Crippen molar-refractivity contribution < 1.29 is 28.5 Å². The Morgan fingerprint density at radius 3 is 2.62 bits per heavy atom. The third-order valence-corrected chi connectivity index (χ3v) is 8.42. The molecule has 5 N–H and O–H groups in total. The van der Waals surface area contributed by atoms with Crippen molar-refractivity contribution in [2.24, 2.45) is 5.41 Å². The van der Waals surface area contributed by atoms with Gasteiger partial charge in [-0.3, -0.25) is 9.88 Å². The summed E-state index contributed by atoms with van der Waals surface area (Å²) >= 11 is 0. The smallest absolute Gasteiger partial charge is 0.244 e. The van der Waals surface area contributed by atoms with Gasteiger partial charge in [0.1, 0.15) is 16.5 Å². The number of hydrogen-bond donors (Lipinski definition) is 5. The van der Waals surface area contributed by atoms with Gasteiger partial charge in [-0.15, -0.1) is 0 Å². The number of sulfonamides is 1. The van der Waals surface area contributed by atoms with Crippen molar-refractivity contribution >= 4 is 10.0 Å². The van der Waals surface area contributed by atoms with Gasteiger partial charge < -0.3 is 25.0 Å². The van der Waals surface area contributed by atoms with Gasteiger partial charge in [0.15, 0.2) is 0 Å². The molecule has 1 fully saturated rings. The molecule has 11 nitrogen and oxygen atoms in total. The summed E-state index contributed by atoms with van der Waals surface area (Å²) in [6.45, 7) is 0.781. The van der Waals surface area contributed by atoms with Gasteiger partial charge in [0.2, 0.25) is 10.0 Å². The number of ether oxygens (including phenoxy) is 1. The van der Waals surface area contributed by atoms with Crippen molar-refractivity contribution in [1.82, 2.24) is 24.6 Å². The first-order valence-corrected chi connectivity index (χ1v) is 13.6. The third-order valence-electron chi connectivity index (χ3n) is 6.96. The molecule has 1 aliphatic heterocycles. The third kappa shape index (κ3) is 5.84. The number of hydrogen-bond acceptors (Lipinski definition) is 9. The minimum atomic E-state index is -4.01. The first kappa shape index (κ1) is 25.8. The lowest BCUT2D eigenvalue weighted by atomic mass is 9.85. The van der Waals surface area contributed by atoms with Crippen LogP contribution in [0.1, 0.15) is 18.7 Å². The molecule has 37 heavy (non-hydrogen) atoms. The van der Waals surface area contributed by atoms with E-state index in [0.717, 1.165) is 11.1 Å². The van der Waals surface area contributed by atoms with Gasteiger partial charge in [0.05, 0.1) is 31.5 Å². The fourth-order valence-electron chi connectivity index (χ4n) is 5.22. The van der Waals surface area contributed by atoms with E-state index in [1.54, 1.807) is 43.0 Å². The second-order valence-corrected chi connectivity index (χ2v) is 11.7. The maximum Gasteiger partial charge on any atom is 0.244 e. The minimum absolute atomic E-state index is 0.0467. The zero-order valence-corrected chi connectivity index (χ0v) is 21.0. The number of imidazole rings is 1. The van der Waals surface area contributed by atoms with Gasteiger partial charge in [0.25, 0.3) is 0 Å². The van der Waals surface area contributed by atoms with E-state index in [1.165, 1.54) is 6.07 Å². The molecule has 1 unspecified atom stereocenters. The number of nitrogens with zero attached hydrogens (tertiary/aromatic N) is 3. The quantitative estimate of drug-likeness (QED) is 0.326. The highest BCUT2D eigenvalue weighted by Gasteiger charge is 2.46. The number of rotatable bonds is 3. The summed E-state index contributed by atoms with van der Waals surface area (Å²) in [5.41, 5.74) is 0.837. The SMILES string of the molecule is O=S1(=O)NC[C@H](O)CN(Cc2ncc[nH]2)CC2(COc3cc(-c4cccnc4)ccc31)C[C@@H](O)[C@@H](O)C2. The number of pyridine rings is 1. The van der Waals surface area contributed by atoms with E-state index in [2.05, 4.69) is 19.7 Å². The summed E-state index contributed by atoms with van der Waals surface area (Å²) in [5.74, 6) is 0.832. The molecule has 0 radical (unpaired) electrons. The first-order chi connectivity index (χ1) is 17.7. The predicted octanol–water partition coefficient (Wildman–Crippen LogP) is 0.508. The Balaban J connectivity index is 1.53. The lowest BCUT2D eigenvalue weighted by molar-refractivity contribution is 0.0417. The molecule has 5 rings (SSSR count). The summed E-state index contributed by atoms with van der Waals surface area (Å²) in [4.78, 5) is 13.4. The normalized spacial score (nSPS) is 28.7. The highest BCUT2D eigenvalue weighted by Crippen LogP contribution is 2.41. The van der Waals surface area contributed by atoms with Crippen LogP contribution in [-0.2, 0) is 16.6 Å². The van der Waals surface area contributed by atoms with Crippen molar-refractivity contribution in [3.8, 4) is 16.9 Å². The van der Waals surface area contributed by atoms with Gasteiger partial charge in [-0.05, 0) is 36.6 Å². The van der Waals surface area contributed by atoms with Crippen molar-refractivity contribution in [3.05, 3.63) is 60.9 Å². The number of aromatic nitrogens is 3. The topological polar surface area (TPSA) is 161 Å².